The Kier molecular flexibility index (Phi) is 5.43. The number of primary amides is 1. The van der Waals surface area contributed by atoms with Crippen LogP contribution in [-0.4, -0.2) is 18.2 Å². The predicted molar refractivity (Wildman–Crippen MR) is 85.7 cm³/mol. The summed E-state index contributed by atoms with van der Waals surface area (Å²) in [5.74, 6) is -1.80. The highest BCUT2D eigenvalue weighted by atomic mass is 19.4. The lowest BCUT2D eigenvalue weighted by Gasteiger charge is -2.11. The van der Waals surface area contributed by atoms with E-state index in [-0.39, 0.29) is 16.8 Å². The lowest BCUT2D eigenvalue weighted by molar-refractivity contribution is -0.274. The van der Waals surface area contributed by atoms with Crippen LogP contribution in [0.25, 0.3) is 6.08 Å². The zero-order valence-electron chi connectivity index (χ0n) is 12.7. The van der Waals surface area contributed by atoms with E-state index in [9.17, 15) is 22.8 Å². The Labute approximate surface area is 140 Å². The molecule has 5 nitrogen and oxygen atoms in total. The van der Waals surface area contributed by atoms with Crippen molar-refractivity contribution in [3.63, 3.8) is 0 Å². The summed E-state index contributed by atoms with van der Waals surface area (Å²) in [5, 5.41) is 2.44. The average molecular weight is 350 g/mol. The number of hydrogen-bond acceptors (Lipinski definition) is 3. The summed E-state index contributed by atoms with van der Waals surface area (Å²) in [5.41, 5.74) is 5.58. The maximum Gasteiger partial charge on any atom is 0.573 e. The Morgan fingerprint density at radius 2 is 1.68 bits per heavy atom. The number of nitrogens with one attached hydrogen (secondary N) is 1. The van der Waals surface area contributed by atoms with Crippen molar-refractivity contribution in [2.24, 2.45) is 5.73 Å². The van der Waals surface area contributed by atoms with Gasteiger partial charge in [-0.1, -0.05) is 30.3 Å². The maximum absolute atomic E-state index is 12.4. The van der Waals surface area contributed by atoms with Crippen LogP contribution in [0, 0.1) is 0 Å². The van der Waals surface area contributed by atoms with E-state index in [1.54, 1.807) is 12.1 Å². The van der Waals surface area contributed by atoms with Crippen LogP contribution in [0.5, 0.6) is 5.75 Å². The number of para-hydroxylation sites is 2. The minimum absolute atomic E-state index is 0.0677. The van der Waals surface area contributed by atoms with Crippen LogP contribution in [0.4, 0.5) is 18.9 Å². The second-order valence-corrected chi connectivity index (χ2v) is 4.82. The van der Waals surface area contributed by atoms with Gasteiger partial charge in [-0.05, 0) is 24.3 Å². The summed E-state index contributed by atoms with van der Waals surface area (Å²) in [4.78, 5) is 23.2. The Morgan fingerprint density at radius 1 is 1.04 bits per heavy atom. The third kappa shape index (κ3) is 5.38. The Bertz CT molecular complexity index is 817. The van der Waals surface area contributed by atoms with Crippen molar-refractivity contribution >= 4 is 23.6 Å². The van der Waals surface area contributed by atoms with Gasteiger partial charge in [-0.3, -0.25) is 9.59 Å². The SMILES string of the molecule is NC(=O)c1ccccc1NC(=O)/C=C/c1ccccc1OC(F)(F)F. The fourth-order valence-electron chi connectivity index (χ4n) is 1.98. The van der Waals surface area contributed by atoms with Gasteiger partial charge >= 0.3 is 6.36 Å². The molecule has 8 heteroatoms. The van der Waals surface area contributed by atoms with Gasteiger partial charge in [0.2, 0.25) is 5.91 Å². The topological polar surface area (TPSA) is 81.4 Å². The molecule has 2 amide bonds. The summed E-state index contributed by atoms with van der Waals surface area (Å²) >= 11 is 0. The number of anilines is 1. The maximum atomic E-state index is 12.4. The van der Waals surface area contributed by atoms with Gasteiger partial charge in [0.25, 0.3) is 5.91 Å². The van der Waals surface area contributed by atoms with E-state index in [0.717, 1.165) is 12.1 Å². The van der Waals surface area contributed by atoms with Crippen LogP contribution >= 0.6 is 0 Å². The van der Waals surface area contributed by atoms with E-state index in [0.29, 0.717) is 0 Å². The van der Waals surface area contributed by atoms with Crippen LogP contribution in [-0.2, 0) is 4.79 Å². The largest absolute Gasteiger partial charge is 0.573 e. The number of ether oxygens (including phenoxy) is 1. The van der Waals surface area contributed by atoms with E-state index >= 15 is 0 Å². The molecule has 0 saturated carbocycles. The first kappa shape index (κ1) is 18.1. The molecule has 0 fully saturated rings. The molecule has 0 aliphatic heterocycles. The van der Waals surface area contributed by atoms with E-state index in [2.05, 4.69) is 10.1 Å². The molecule has 0 heterocycles. The smallest absolute Gasteiger partial charge is 0.405 e. The van der Waals surface area contributed by atoms with Gasteiger partial charge < -0.3 is 15.8 Å². The number of nitrogens with two attached hydrogens (primary N) is 1. The second-order valence-electron chi connectivity index (χ2n) is 4.82. The van der Waals surface area contributed by atoms with Gasteiger partial charge in [-0.25, -0.2) is 0 Å². The number of alkyl halides is 3. The molecule has 0 aromatic heterocycles. The highest BCUT2D eigenvalue weighted by Gasteiger charge is 2.31. The van der Waals surface area contributed by atoms with Crippen LogP contribution in [0.15, 0.2) is 54.6 Å². The number of amides is 2. The van der Waals surface area contributed by atoms with Crippen LogP contribution in [0.1, 0.15) is 15.9 Å². The third-order valence-electron chi connectivity index (χ3n) is 3.01. The van der Waals surface area contributed by atoms with Gasteiger partial charge in [0.15, 0.2) is 0 Å². The van der Waals surface area contributed by atoms with Crippen molar-refractivity contribution in [2.45, 2.75) is 6.36 Å². The molecule has 0 radical (unpaired) electrons. The second kappa shape index (κ2) is 7.52. The highest BCUT2D eigenvalue weighted by molar-refractivity contribution is 6.07. The highest BCUT2D eigenvalue weighted by Crippen LogP contribution is 2.27. The monoisotopic (exact) mass is 350 g/mol. The van der Waals surface area contributed by atoms with E-state index in [4.69, 9.17) is 5.73 Å². The van der Waals surface area contributed by atoms with E-state index < -0.39 is 23.9 Å². The molecule has 0 saturated heterocycles. The molecule has 0 atom stereocenters. The lowest BCUT2D eigenvalue weighted by atomic mass is 10.1. The van der Waals surface area contributed by atoms with Crippen molar-refractivity contribution in [1.82, 2.24) is 0 Å². The summed E-state index contributed by atoms with van der Waals surface area (Å²) < 4.78 is 41.0. The molecule has 2 rings (SSSR count). The third-order valence-corrected chi connectivity index (χ3v) is 3.01. The Balaban J connectivity index is 2.15. The molecule has 3 N–H and O–H groups in total. The predicted octanol–water partition coefficient (Wildman–Crippen LogP) is 3.34. The zero-order chi connectivity index (χ0) is 18.4. The van der Waals surface area contributed by atoms with Gasteiger partial charge in [0.05, 0.1) is 11.3 Å². The molecule has 0 unspecified atom stereocenters. The molecule has 130 valence electrons. The number of halogens is 3. The molecule has 0 spiro atoms. The van der Waals surface area contributed by atoms with Crippen LogP contribution < -0.4 is 15.8 Å². The quantitative estimate of drug-likeness (QED) is 0.812. The molecule has 0 aliphatic rings. The minimum Gasteiger partial charge on any atom is -0.405 e. The Hall–Kier alpha value is -3.29. The summed E-state index contributed by atoms with van der Waals surface area (Å²) in [6.45, 7) is 0. The van der Waals surface area contributed by atoms with Gasteiger partial charge in [0.1, 0.15) is 5.75 Å². The average Bonchev–Trinajstić information content (AvgIpc) is 2.53. The molecule has 0 bridgehead atoms. The molecular weight excluding hydrogens is 337 g/mol. The molecular formula is C17H13F3N2O3. The molecule has 0 aliphatic carbocycles. The fourth-order valence-corrected chi connectivity index (χ4v) is 1.98. The van der Waals surface area contributed by atoms with E-state index in [1.807, 2.05) is 0 Å². The van der Waals surface area contributed by atoms with Crippen LogP contribution in [0.2, 0.25) is 0 Å². The number of rotatable bonds is 5. The summed E-state index contributed by atoms with van der Waals surface area (Å²) in [6.07, 6.45) is -2.65. The van der Waals surface area contributed by atoms with Crippen LogP contribution in [0.3, 0.4) is 0 Å². The zero-order valence-corrected chi connectivity index (χ0v) is 12.7. The van der Waals surface area contributed by atoms with E-state index in [1.165, 1.54) is 36.4 Å². The van der Waals surface area contributed by atoms with Crippen molar-refractivity contribution in [3.8, 4) is 5.75 Å². The van der Waals surface area contributed by atoms with Gasteiger partial charge in [-0.15, -0.1) is 13.2 Å². The number of hydrogen-bond donors (Lipinski definition) is 2. The number of carbonyl (C=O) groups excluding carboxylic acids is 2. The normalized spacial score (nSPS) is 11.3. The van der Waals surface area contributed by atoms with Gasteiger partial charge in [-0.2, -0.15) is 0 Å². The van der Waals surface area contributed by atoms with Crippen molar-refractivity contribution in [1.29, 1.82) is 0 Å². The molecule has 2 aromatic carbocycles. The number of carbonyl (C=O) groups is 2. The summed E-state index contributed by atoms with van der Waals surface area (Å²) in [6, 6.07) is 11.5. The number of benzene rings is 2. The molecule has 2 aromatic rings. The first-order valence-corrected chi connectivity index (χ1v) is 6.99. The van der Waals surface area contributed by atoms with Crippen molar-refractivity contribution in [2.75, 3.05) is 5.32 Å². The summed E-state index contributed by atoms with van der Waals surface area (Å²) in [7, 11) is 0. The standard InChI is InChI=1S/C17H13F3N2O3/c18-17(19,20)25-14-8-4-1-5-11(14)9-10-15(23)22-13-7-3-2-6-12(13)16(21)24/h1-10H,(H2,21,24)(H,22,23)/b10-9+. The lowest BCUT2D eigenvalue weighted by Crippen LogP contribution is -2.18. The molecule has 25 heavy (non-hydrogen) atoms. The minimum atomic E-state index is -4.84. The van der Waals surface area contributed by atoms with Gasteiger partial charge in [0, 0.05) is 11.6 Å². The fraction of sp³-hybridized carbons (Fsp3) is 0.0588. The Morgan fingerprint density at radius 3 is 2.36 bits per heavy atom. The van der Waals surface area contributed by atoms with Crippen molar-refractivity contribution in [3.05, 3.63) is 65.7 Å². The first-order valence-electron chi connectivity index (χ1n) is 6.99. The van der Waals surface area contributed by atoms with Crippen molar-refractivity contribution < 1.29 is 27.5 Å². The first-order chi connectivity index (χ1) is 11.8.